The highest BCUT2D eigenvalue weighted by atomic mass is 16.3. The van der Waals surface area contributed by atoms with Crippen molar-refractivity contribution < 1.29 is 9.90 Å². The van der Waals surface area contributed by atoms with Crippen molar-refractivity contribution in [3.8, 4) is 6.07 Å². The van der Waals surface area contributed by atoms with Crippen molar-refractivity contribution in [3.63, 3.8) is 0 Å². The Labute approximate surface area is 125 Å². The Kier molecular flexibility index (Phi) is 4.94. The molecule has 2 N–H and O–H groups in total. The maximum Gasteiger partial charge on any atom is 0.241 e. The lowest BCUT2D eigenvalue weighted by Crippen LogP contribution is -2.45. The molecule has 1 aliphatic carbocycles. The Morgan fingerprint density at radius 3 is 2.90 bits per heavy atom. The normalized spacial score (nSPS) is 22.2. The number of carbonyl (C=O) groups is 1. The number of likely N-dealkylation sites (N-methyl/N-ethyl adjacent to an activating group) is 1. The number of aliphatic hydroxyl groups is 1. The lowest BCUT2D eigenvalue weighted by molar-refractivity contribution is -0.120. The van der Waals surface area contributed by atoms with Gasteiger partial charge in [0.25, 0.3) is 0 Å². The largest absolute Gasteiger partial charge is 0.393 e. The summed E-state index contributed by atoms with van der Waals surface area (Å²) >= 11 is 0. The molecule has 1 aromatic carbocycles. The van der Waals surface area contributed by atoms with Gasteiger partial charge in [-0.25, -0.2) is 0 Å². The number of nitrogens with zero attached hydrogens (tertiary/aromatic N) is 2. The topological polar surface area (TPSA) is 76.4 Å². The van der Waals surface area contributed by atoms with Gasteiger partial charge in [-0.1, -0.05) is 6.07 Å². The van der Waals surface area contributed by atoms with Crippen LogP contribution >= 0.6 is 0 Å². The fourth-order valence-electron chi connectivity index (χ4n) is 2.53. The highest BCUT2D eigenvalue weighted by Gasteiger charge is 2.30. The van der Waals surface area contributed by atoms with Gasteiger partial charge in [0.1, 0.15) is 0 Å². The molecular weight excluding hydrogens is 266 g/mol. The summed E-state index contributed by atoms with van der Waals surface area (Å²) in [5, 5.41) is 21.0. The number of rotatable bonds is 5. The minimum absolute atomic E-state index is 0.0903. The van der Waals surface area contributed by atoms with E-state index in [2.05, 4.69) is 11.4 Å². The lowest BCUT2D eigenvalue weighted by atomic mass is 9.82. The predicted molar refractivity (Wildman–Crippen MR) is 80.6 cm³/mol. The summed E-state index contributed by atoms with van der Waals surface area (Å²) in [6.07, 6.45) is 1.48. The third-order valence-corrected chi connectivity index (χ3v) is 4.06. The summed E-state index contributed by atoms with van der Waals surface area (Å²) in [4.78, 5) is 14.2. The van der Waals surface area contributed by atoms with Crippen LogP contribution in [0.15, 0.2) is 24.3 Å². The maximum absolute atomic E-state index is 12.2. The maximum atomic E-state index is 12.2. The standard InChI is InChI=1S/C16H21N3O2/c1-11(19(2)10-13-7-15(20)8-13)16(21)18-14-5-3-4-12(6-14)9-17/h3-6,11,13,15,20H,7-8,10H2,1-2H3,(H,18,21). The monoisotopic (exact) mass is 287 g/mol. The minimum Gasteiger partial charge on any atom is -0.393 e. The zero-order chi connectivity index (χ0) is 15.4. The average molecular weight is 287 g/mol. The van der Waals surface area contributed by atoms with Gasteiger partial charge in [0.2, 0.25) is 5.91 Å². The van der Waals surface area contributed by atoms with Crippen molar-refractivity contribution in [2.24, 2.45) is 5.92 Å². The van der Waals surface area contributed by atoms with E-state index < -0.39 is 0 Å². The van der Waals surface area contributed by atoms with Gasteiger partial charge in [-0.05, 0) is 50.9 Å². The molecule has 21 heavy (non-hydrogen) atoms. The molecule has 0 aromatic heterocycles. The van der Waals surface area contributed by atoms with Gasteiger partial charge < -0.3 is 10.4 Å². The molecule has 0 radical (unpaired) electrons. The third-order valence-electron chi connectivity index (χ3n) is 4.06. The van der Waals surface area contributed by atoms with Gasteiger partial charge >= 0.3 is 0 Å². The van der Waals surface area contributed by atoms with E-state index >= 15 is 0 Å². The first-order valence-corrected chi connectivity index (χ1v) is 7.19. The highest BCUT2D eigenvalue weighted by Crippen LogP contribution is 2.28. The summed E-state index contributed by atoms with van der Waals surface area (Å²) in [6.45, 7) is 2.67. The number of nitrogens with one attached hydrogen (secondary N) is 1. The second-order valence-electron chi connectivity index (χ2n) is 5.79. The number of benzene rings is 1. The van der Waals surface area contributed by atoms with E-state index in [1.54, 1.807) is 24.3 Å². The highest BCUT2D eigenvalue weighted by molar-refractivity contribution is 5.94. The van der Waals surface area contributed by atoms with E-state index in [1.165, 1.54) is 0 Å². The van der Waals surface area contributed by atoms with Crippen LogP contribution in [0.4, 0.5) is 5.69 Å². The summed E-state index contributed by atoms with van der Waals surface area (Å²) in [5.41, 5.74) is 1.16. The van der Waals surface area contributed by atoms with E-state index in [4.69, 9.17) is 5.26 Å². The van der Waals surface area contributed by atoms with Crippen LogP contribution in [0, 0.1) is 17.2 Å². The number of nitriles is 1. The fourth-order valence-corrected chi connectivity index (χ4v) is 2.53. The molecule has 2 rings (SSSR count). The third kappa shape index (κ3) is 4.03. The summed E-state index contributed by atoms with van der Waals surface area (Å²) < 4.78 is 0. The van der Waals surface area contributed by atoms with E-state index in [0.717, 1.165) is 19.4 Å². The molecule has 1 aliphatic rings. The molecule has 0 heterocycles. The molecule has 1 amide bonds. The summed E-state index contributed by atoms with van der Waals surface area (Å²) in [6, 6.07) is 8.68. The Balaban J connectivity index is 1.88. The Hall–Kier alpha value is -1.90. The van der Waals surface area contributed by atoms with Crippen molar-refractivity contribution in [1.82, 2.24) is 4.90 Å². The predicted octanol–water partition coefficient (Wildman–Crippen LogP) is 1.59. The van der Waals surface area contributed by atoms with Crippen LogP contribution < -0.4 is 5.32 Å². The van der Waals surface area contributed by atoms with Crippen molar-refractivity contribution in [1.29, 1.82) is 5.26 Å². The van der Waals surface area contributed by atoms with Crippen LogP contribution in [0.25, 0.3) is 0 Å². The Bertz CT molecular complexity index is 547. The Morgan fingerprint density at radius 2 is 2.29 bits per heavy atom. The number of aliphatic hydroxyl groups excluding tert-OH is 1. The average Bonchev–Trinajstić information content (AvgIpc) is 2.44. The number of amides is 1. The quantitative estimate of drug-likeness (QED) is 0.862. The van der Waals surface area contributed by atoms with Gasteiger partial charge in [0.05, 0.1) is 23.8 Å². The summed E-state index contributed by atoms with van der Waals surface area (Å²) in [7, 11) is 1.92. The van der Waals surface area contributed by atoms with Crippen molar-refractivity contribution in [2.45, 2.75) is 31.9 Å². The fraction of sp³-hybridized carbons (Fsp3) is 0.500. The van der Waals surface area contributed by atoms with E-state index in [-0.39, 0.29) is 18.1 Å². The second-order valence-corrected chi connectivity index (χ2v) is 5.79. The molecule has 5 heteroatoms. The molecule has 1 aromatic rings. The molecule has 1 atom stereocenters. The van der Waals surface area contributed by atoms with Crippen LogP contribution in [0.5, 0.6) is 0 Å². The van der Waals surface area contributed by atoms with Gasteiger partial charge in [-0.15, -0.1) is 0 Å². The molecule has 0 saturated heterocycles. The van der Waals surface area contributed by atoms with Crippen molar-refractivity contribution >= 4 is 11.6 Å². The minimum atomic E-state index is -0.256. The molecule has 1 fully saturated rings. The van der Waals surface area contributed by atoms with E-state index in [0.29, 0.717) is 17.2 Å². The molecule has 112 valence electrons. The molecule has 1 unspecified atom stereocenters. The number of anilines is 1. The second kappa shape index (κ2) is 6.70. The molecule has 0 bridgehead atoms. The van der Waals surface area contributed by atoms with Crippen LogP contribution in [0.1, 0.15) is 25.3 Å². The number of hydrogen-bond acceptors (Lipinski definition) is 4. The van der Waals surface area contributed by atoms with Gasteiger partial charge in [0.15, 0.2) is 0 Å². The van der Waals surface area contributed by atoms with Crippen LogP contribution in [0.3, 0.4) is 0 Å². The van der Waals surface area contributed by atoms with E-state index in [9.17, 15) is 9.90 Å². The van der Waals surface area contributed by atoms with Crippen LogP contribution in [0.2, 0.25) is 0 Å². The van der Waals surface area contributed by atoms with Gasteiger partial charge in [-0.2, -0.15) is 5.26 Å². The van der Waals surface area contributed by atoms with Crippen LogP contribution in [-0.2, 0) is 4.79 Å². The molecule has 0 aliphatic heterocycles. The SMILES string of the molecule is CC(C(=O)Nc1cccc(C#N)c1)N(C)CC1CC(O)C1. The molecule has 5 nitrogen and oxygen atoms in total. The van der Waals surface area contributed by atoms with Crippen LogP contribution in [-0.4, -0.2) is 41.7 Å². The first-order chi connectivity index (χ1) is 9.99. The zero-order valence-electron chi connectivity index (χ0n) is 12.4. The number of carbonyl (C=O) groups excluding carboxylic acids is 1. The molecular formula is C16H21N3O2. The van der Waals surface area contributed by atoms with Crippen molar-refractivity contribution in [3.05, 3.63) is 29.8 Å². The number of hydrogen-bond donors (Lipinski definition) is 2. The van der Waals surface area contributed by atoms with Crippen molar-refractivity contribution in [2.75, 3.05) is 18.9 Å². The lowest BCUT2D eigenvalue weighted by Gasteiger charge is -2.36. The van der Waals surface area contributed by atoms with Gasteiger partial charge in [-0.3, -0.25) is 9.69 Å². The first kappa shape index (κ1) is 15.5. The first-order valence-electron chi connectivity index (χ1n) is 7.19. The van der Waals surface area contributed by atoms with E-state index in [1.807, 2.05) is 18.9 Å². The smallest absolute Gasteiger partial charge is 0.241 e. The molecule has 0 spiro atoms. The zero-order valence-corrected chi connectivity index (χ0v) is 12.4. The Morgan fingerprint density at radius 1 is 1.57 bits per heavy atom. The molecule has 1 saturated carbocycles. The summed E-state index contributed by atoms with van der Waals surface area (Å²) in [5.74, 6) is 0.384. The van der Waals surface area contributed by atoms with Gasteiger partial charge in [0, 0.05) is 12.2 Å².